The van der Waals surface area contributed by atoms with E-state index in [1.807, 2.05) is 13.8 Å². The number of rotatable bonds is 6. The molecule has 2 atom stereocenters. The second-order valence-electron chi connectivity index (χ2n) is 4.90. The summed E-state index contributed by atoms with van der Waals surface area (Å²) in [5.41, 5.74) is 5.86. The van der Waals surface area contributed by atoms with Crippen molar-refractivity contribution in [1.82, 2.24) is 0 Å². The van der Waals surface area contributed by atoms with Gasteiger partial charge < -0.3 is 11.1 Å². The third-order valence-corrected chi connectivity index (χ3v) is 3.62. The van der Waals surface area contributed by atoms with Gasteiger partial charge in [-0.3, -0.25) is 4.79 Å². The number of benzene rings is 1. The summed E-state index contributed by atoms with van der Waals surface area (Å²) >= 11 is 3.23. The standard InChI is InChI=1S/C14H20BrFN2O/c1-9(5-3-6-10(2)17)14(19)18-13-11(15)7-4-8-12(13)16/h4,7-10H,3,5-6,17H2,1-2H3,(H,18,19). The monoisotopic (exact) mass is 330 g/mol. The van der Waals surface area contributed by atoms with Crippen molar-refractivity contribution in [2.24, 2.45) is 11.7 Å². The van der Waals surface area contributed by atoms with Gasteiger partial charge in [0.1, 0.15) is 5.82 Å². The Bertz CT molecular complexity index is 417. The second kappa shape index (κ2) is 7.60. The molecule has 0 aliphatic rings. The second-order valence-corrected chi connectivity index (χ2v) is 5.75. The highest BCUT2D eigenvalue weighted by Crippen LogP contribution is 2.26. The van der Waals surface area contributed by atoms with Crippen LogP contribution >= 0.6 is 15.9 Å². The minimum Gasteiger partial charge on any atom is -0.328 e. The van der Waals surface area contributed by atoms with E-state index in [1.54, 1.807) is 12.1 Å². The summed E-state index contributed by atoms with van der Waals surface area (Å²) in [6, 6.07) is 4.75. The van der Waals surface area contributed by atoms with Crippen LogP contribution in [0.1, 0.15) is 33.1 Å². The molecule has 0 aliphatic carbocycles. The number of hydrogen-bond acceptors (Lipinski definition) is 2. The molecule has 0 heterocycles. The predicted molar refractivity (Wildman–Crippen MR) is 79.4 cm³/mol. The van der Waals surface area contributed by atoms with Crippen LogP contribution in [0.25, 0.3) is 0 Å². The van der Waals surface area contributed by atoms with Crippen LogP contribution in [0, 0.1) is 11.7 Å². The van der Waals surface area contributed by atoms with Crippen LogP contribution in [-0.4, -0.2) is 11.9 Å². The summed E-state index contributed by atoms with van der Waals surface area (Å²) in [5, 5.41) is 2.62. The van der Waals surface area contributed by atoms with Gasteiger partial charge in [-0.1, -0.05) is 19.4 Å². The Hall–Kier alpha value is -0.940. The maximum atomic E-state index is 13.6. The first-order chi connectivity index (χ1) is 8.91. The molecule has 1 aromatic rings. The molecule has 1 aromatic carbocycles. The number of amides is 1. The van der Waals surface area contributed by atoms with Crippen molar-refractivity contribution in [3.63, 3.8) is 0 Å². The van der Waals surface area contributed by atoms with Crippen molar-refractivity contribution in [3.05, 3.63) is 28.5 Å². The summed E-state index contributed by atoms with van der Waals surface area (Å²) in [5.74, 6) is -0.772. The maximum Gasteiger partial charge on any atom is 0.227 e. The van der Waals surface area contributed by atoms with Crippen LogP contribution < -0.4 is 11.1 Å². The molecule has 3 N–H and O–H groups in total. The smallest absolute Gasteiger partial charge is 0.227 e. The molecular weight excluding hydrogens is 311 g/mol. The van der Waals surface area contributed by atoms with Gasteiger partial charge in [-0.2, -0.15) is 0 Å². The number of nitrogens with one attached hydrogen (secondary N) is 1. The number of halogens is 2. The van der Waals surface area contributed by atoms with Gasteiger partial charge in [-0.25, -0.2) is 4.39 Å². The quantitative estimate of drug-likeness (QED) is 0.835. The van der Waals surface area contributed by atoms with E-state index in [4.69, 9.17) is 5.73 Å². The Balaban J connectivity index is 2.54. The van der Waals surface area contributed by atoms with E-state index in [9.17, 15) is 9.18 Å². The van der Waals surface area contributed by atoms with Gasteiger partial charge in [0.05, 0.1) is 5.69 Å². The number of nitrogens with two attached hydrogens (primary N) is 1. The number of para-hydroxylation sites is 1. The summed E-state index contributed by atoms with van der Waals surface area (Å²) in [6.07, 6.45) is 2.53. The van der Waals surface area contributed by atoms with Crippen molar-refractivity contribution in [3.8, 4) is 0 Å². The van der Waals surface area contributed by atoms with E-state index in [2.05, 4.69) is 21.2 Å². The largest absolute Gasteiger partial charge is 0.328 e. The molecule has 0 bridgehead atoms. The average molecular weight is 331 g/mol. The first-order valence-electron chi connectivity index (χ1n) is 6.42. The molecule has 1 amide bonds. The Kier molecular flexibility index (Phi) is 6.45. The van der Waals surface area contributed by atoms with Crippen LogP contribution in [0.2, 0.25) is 0 Å². The fourth-order valence-corrected chi connectivity index (χ4v) is 2.18. The topological polar surface area (TPSA) is 55.1 Å². The lowest BCUT2D eigenvalue weighted by Crippen LogP contribution is -2.22. The third-order valence-electron chi connectivity index (χ3n) is 2.96. The molecule has 19 heavy (non-hydrogen) atoms. The van der Waals surface area contributed by atoms with Crippen LogP contribution in [0.3, 0.4) is 0 Å². The first-order valence-corrected chi connectivity index (χ1v) is 7.21. The number of carbonyl (C=O) groups excluding carboxylic acids is 1. The molecule has 2 unspecified atom stereocenters. The molecule has 0 radical (unpaired) electrons. The summed E-state index contributed by atoms with van der Waals surface area (Å²) in [7, 11) is 0. The van der Waals surface area contributed by atoms with E-state index in [0.717, 1.165) is 19.3 Å². The molecule has 0 saturated carbocycles. The highest BCUT2D eigenvalue weighted by molar-refractivity contribution is 9.10. The fourth-order valence-electron chi connectivity index (χ4n) is 1.74. The van der Waals surface area contributed by atoms with E-state index in [1.165, 1.54) is 6.07 Å². The zero-order chi connectivity index (χ0) is 14.4. The lowest BCUT2D eigenvalue weighted by molar-refractivity contribution is -0.119. The van der Waals surface area contributed by atoms with Crippen molar-refractivity contribution in [2.45, 2.75) is 39.2 Å². The van der Waals surface area contributed by atoms with Crippen LogP contribution in [0.5, 0.6) is 0 Å². The molecule has 106 valence electrons. The molecule has 0 aromatic heterocycles. The minimum atomic E-state index is -0.439. The van der Waals surface area contributed by atoms with Crippen molar-refractivity contribution in [1.29, 1.82) is 0 Å². The van der Waals surface area contributed by atoms with Crippen LogP contribution in [0.15, 0.2) is 22.7 Å². The molecule has 0 aliphatic heterocycles. The van der Waals surface area contributed by atoms with Gasteiger partial charge in [0.2, 0.25) is 5.91 Å². The highest BCUT2D eigenvalue weighted by atomic mass is 79.9. The fraction of sp³-hybridized carbons (Fsp3) is 0.500. The Morgan fingerprint density at radius 3 is 2.68 bits per heavy atom. The zero-order valence-corrected chi connectivity index (χ0v) is 12.8. The van der Waals surface area contributed by atoms with E-state index < -0.39 is 5.82 Å². The van der Waals surface area contributed by atoms with Crippen molar-refractivity contribution in [2.75, 3.05) is 5.32 Å². The van der Waals surface area contributed by atoms with Gasteiger partial charge >= 0.3 is 0 Å². The summed E-state index contributed by atoms with van der Waals surface area (Å²) < 4.78 is 14.1. The summed E-state index contributed by atoms with van der Waals surface area (Å²) in [4.78, 5) is 12.0. The van der Waals surface area contributed by atoms with Crippen molar-refractivity contribution >= 4 is 27.5 Å². The van der Waals surface area contributed by atoms with Gasteiger partial charge in [0, 0.05) is 16.4 Å². The zero-order valence-electron chi connectivity index (χ0n) is 11.2. The number of anilines is 1. The first kappa shape index (κ1) is 16.1. The lowest BCUT2D eigenvalue weighted by atomic mass is 10.0. The molecule has 5 heteroatoms. The Morgan fingerprint density at radius 2 is 2.11 bits per heavy atom. The molecule has 0 fully saturated rings. The average Bonchev–Trinajstić information content (AvgIpc) is 2.33. The number of carbonyl (C=O) groups is 1. The molecule has 0 saturated heterocycles. The molecule has 3 nitrogen and oxygen atoms in total. The predicted octanol–water partition coefficient (Wildman–Crippen LogP) is 3.68. The lowest BCUT2D eigenvalue weighted by Gasteiger charge is -2.14. The van der Waals surface area contributed by atoms with E-state index >= 15 is 0 Å². The van der Waals surface area contributed by atoms with Gasteiger partial charge in [-0.05, 0) is 47.8 Å². The molecule has 0 spiro atoms. The Labute approximate surface area is 121 Å². The Morgan fingerprint density at radius 1 is 1.42 bits per heavy atom. The SMILES string of the molecule is CC(N)CCCC(C)C(=O)Nc1c(F)cccc1Br. The number of hydrogen-bond donors (Lipinski definition) is 2. The highest BCUT2D eigenvalue weighted by Gasteiger charge is 2.16. The van der Waals surface area contributed by atoms with Crippen LogP contribution in [-0.2, 0) is 4.79 Å². The molecule has 1 rings (SSSR count). The molecular formula is C14H20BrFN2O. The van der Waals surface area contributed by atoms with E-state index in [-0.39, 0.29) is 23.6 Å². The van der Waals surface area contributed by atoms with Crippen molar-refractivity contribution < 1.29 is 9.18 Å². The van der Waals surface area contributed by atoms with Gasteiger partial charge in [0.15, 0.2) is 0 Å². The normalized spacial score (nSPS) is 13.9. The van der Waals surface area contributed by atoms with Gasteiger partial charge in [0.25, 0.3) is 0 Å². The summed E-state index contributed by atoms with van der Waals surface area (Å²) in [6.45, 7) is 3.78. The van der Waals surface area contributed by atoms with E-state index in [0.29, 0.717) is 4.47 Å². The van der Waals surface area contributed by atoms with Crippen LogP contribution in [0.4, 0.5) is 10.1 Å². The minimum absolute atomic E-state index is 0.149. The van der Waals surface area contributed by atoms with Gasteiger partial charge in [-0.15, -0.1) is 0 Å². The third kappa shape index (κ3) is 5.28. The maximum absolute atomic E-state index is 13.6.